The van der Waals surface area contributed by atoms with Crippen molar-refractivity contribution in [1.82, 2.24) is 4.90 Å². The first kappa shape index (κ1) is 21.4. The molecular formula is C21H33NO5. The van der Waals surface area contributed by atoms with Crippen molar-refractivity contribution in [3.05, 3.63) is 23.8 Å². The largest absolute Gasteiger partial charge is 0.493 e. The van der Waals surface area contributed by atoms with Crippen LogP contribution in [0.1, 0.15) is 52.5 Å². The van der Waals surface area contributed by atoms with Gasteiger partial charge in [-0.25, -0.2) is 4.79 Å². The lowest BCUT2D eigenvalue weighted by Gasteiger charge is -2.27. The molecule has 1 aliphatic heterocycles. The van der Waals surface area contributed by atoms with Gasteiger partial charge >= 0.3 is 6.09 Å². The van der Waals surface area contributed by atoms with Gasteiger partial charge in [0.2, 0.25) is 0 Å². The van der Waals surface area contributed by atoms with Crippen LogP contribution in [0.5, 0.6) is 11.5 Å². The summed E-state index contributed by atoms with van der Waals surface area (Å²) in [7, 11) is 1.62. The Morgan fingerprint density at radius 3 is 2.56 bits per heavy atom. The minimum absolute atomic E-state index is 0.0807. The molecule has 0 unspecified atom stereocenters. The van der Waals surface area contributed by atoms with Gasteiger partial charge < -0.3 is 24.2 Å². The number of likely N-dealkylation sites (tertiary alicyclic amines) is 1. The Morgan fingerprint density at radius 1 is 1.30 bits per heavy atom. The molecule has 6 nitrogen and oxygen atoms in total. The fourth-order valence-corrected chi connectivity index (χ4v) is 3.19. The molecular weight excluding hydrogens is 346 g/mol. The van der Waals surface area contributed by atoms with Crippen molar-refractivity contribution >= 4 is 6.09 Å². The third-order valence-electron chi connectivity index (χ3n) is 4.48. The highest BCUT2D eigenvalue weighted by Gasteiger charge is 2.38. The summed E-state index contributed by atoms with van der Waals surface area (Å²) >= 11 is 0. The number of aliphatic hydroxyl groups excluding tert-OH is 1. The van der Waals surface area contributed by atoms with Crippen LogP contribution < -0.4 is 9.47 Å². The fourth-order valence-electron chi connectivity index (χ4n) is 3.19. The van der Waals surface area contributed by atoms with Crippen LogP contribution in [0.3, 0.4) is 0 Å². The lowest BCUT2D eigenvalue weighted by Crippen LogP contribution is -2.41. The molecule has 0 saturated carbocycles. The third kappa shape index (κ3) is 5.76. The highest BCUT2D eigenvalue weighted by atomic mass is 16.6. The van der Waals surface area contributed by atoms with Crippen molar-refractivity contribution in [2.75, 3.05) is 26.9 Å². The average Bonchev–Trinajstić information content (AvgIpc) is 3.02. The molecule has 0 bridgehead atoms. The van der Waals surface area contributed by atoms with Gasteiger partial charge in [-0.3, -0.25) is 0 Å². The number of benzene rings is 1. The Bertz CT molecular complexity index is 638. The summed E-state index contributed by atoms with van der Waals surface area (Å²) in [5.41, 5.74) is 0.506. The van der Waals surface area contributed by atoms with Crippen LogP contribution in [-0.4, -0.2) is 54.6 Å². The molecule has 27 heavy (non-hydrogen) atoms. The second kappa shape index (κ2) is 8.83. The summed E-state index contributed by atoms with van der Waals surface area (Å²) in [5.74, 6) is 1.92. The lowest BCUT2D eigenvalue weighted by molar-refractivity contribution is 0.0174. The molecule has 1 N–H and O–H groups in total. The van der Waals surface area contributed by atoms with Crippen LogP contribution in [0.2, 0.25) is 0 Å². The highest BCUT2D eigenvalue weighted by molar-refractivity contribution is 5.69. The van der Waals surface area contributed by atoms with Crippen LogP contribution in [0.4, 0.5) is 4.79 Å². The Kier molecular flexibility index (Phi) is 6.98. The normalized spacial score (nSPS) is 20.1. The van der Waals surface area contributed by atoms with Gasteiger partial charge in [-0.05, 0) is 50.8 Å². The smallest absolute Gasteiger partial charge is 0.410 e. The zero-order valence-corrected chi connectivity index (χ0v) is 17.3. The standard InChI is InChI=1S/C21H33NO5/c1-14(2)13-26-19-10-15(7-8-18(19)25-6)16-9-17(12-23)22(11-16)20(24)27-21(3,4)5/h7-8,10,14,16-17,23H,9,11-13H2,1-6H3/t16-,17-/m1/s1. The summed E-state index contributed by atoms with van der Waals surface area (Å²) in [5, 5.41) is 9.74. The molecule has 1 aromatic rings. The van der Waals surface area contributed by atoms with E-state index in [9.17, 15) is 9.90 Å². The van der Waals surface area contributed by atoms with E-state index in [-0.39, 0.29) is 24.7 Å². The first-order valence-electron chi connectivity index (χ1n) is 9.55. The van der Waals surface area contributed by atoms with Crippen LogP contribution in [0.15, 0.2) is 18.2 Å². The minimum atomic E-state index is -0.562. The number of methoxy groups -OCH3 is 1. The number of carbonyl (C=O) groups excluding carboxylic acids is 1. The fraction of sp³-hybridized carbons (Fsp3) is 0.667. The second-order valence-corrected chi connectivity index (χ2v) is 8.52. The van der Waals surface area contributed by atoms with Gasteiger partial charge in [-0.2, -0.15) is 0 Å². The molecule has 1 heterocycles. The second-order valence-electron chi connectivity index (χ2n) is 8.52. The van der Waals surface area contributed by atoms with Gasteiger partial charge in [0.15, 0.2) is 11.5 Å². The SMILES string of the molecule is COc1ccc([C@@H]2C[C@H](CO)N(C(=O)OC(C)(C)C)C2)cc1OCC(C)C. The summed E-state index contributed by atoms with van der Waals surface area (Å²) < 4.78 is 16.8. The van der Waals surface area contributed by atoms with Crippen molar-refractivity contribution in [2.45, 2.75) is 58.6 Å². The first-order valence-corrected chi connectivity index (χ1v) is 9.55. The van der Waals surface area contributed by atoms with Crippen LogP contribution >= 0.6 is 0 Å². The van der Waals surface area contributed by atoms with E-state index in [1.165, 1.54) is 0 Å². The number of hydrogen-bond acceptors (Lipinski definition) is 5. The number of hydrogen-bond donors (Lipinski definition) is 1. The molecule has 152 valence electrons. The van der Waals surface area contributed by atoms with Crippen LogP contribution in [-0.2, 0) is 4.74 Å². The number of ether oxygens (including phenoxy) is 3. The van der Waals surface area contributed by atoms with E-state index in [1.54, 1.807) is 12.0 Å². The number of carbonyl (C=O) groups is 1. The Labute approximate surface area is 162 Å². The average molecular weight is 379 g/mol. The van der Waals surface area contributed by atoms with Gasteiger partial charge in [-0.1, -0.05) is 19.9 Å². The van der Waals surface area contributed by atoms with Crippen molar-refractivity contribution in [3.63, 3.8) is 0 Å². The zero-order valence-electron chi connectivity index (χ0n) is 17.3. The first-order chi connectivity index (χ1) is 12.6. The summed E-state index contributed by atoms with van der Waals surface area (Å²) in [4.78, 5) is 14.1. The van der Waals surface area contributed by atoms with Crippen molar-refractivity contribution in [1.29, 1.82) is 0 Å². The maximum absolute atomic E-state index is 12.5. The third-order valence-corrected chi connectivity index (χ3v) is 4.48. The number of nitrogens with zero attached hydrogens (tertiary/aromatic N) is 1. The van der Waals surface area contributed by atoms with E-state index >= 15 is 0 Å². The maximum atomic E-state index is 12.5. The summed E-state index contributed by atoms with van der Waals surface area (Å²) in [6.45, 7) is 10.7. The monoisotopic (exact) mass is 379 g/mol. The molecule has 0 spiro atoms. The lowest BCUT2D eigenvalue weighted by atomic mass is 9.96. The van der Waals surface area contributed by atoms with Crippen molar-refractivity contribution in [2.24, 2.45) is 5.92 Å². The Balaban J connectivity index is 2.18. The summed E-state index contributed by atoms with van der Waals surface area (Å²) in [6, 6.07) is 5.64. The quantitative estimate of drug-likeness (QED) is 0.814. The van der Waals surface area contributed by atoms with E-state index in [2.05, 4.69) is 13.8 Å². The molecule has 1 fully saturated rings. The molecule has 6 heteroatoms. The Hall–Kier alpha value is -1.95. The molecule has 0 aliphatic carbocycles. The number of amides is 1. The van der Waals surface area contributed by atoms with Crippen molar-refractivity contribution in [3.8, 4) is 11.5 Å². The highest BCUT2D eigenvalue weighted by Crippen LogP contribution is 2.37. The maximum Gasteiger partial charge on any atom is 0.410 e. The van der Waals surface area contributed by atoms with Crippen molar-refractivity contribution < 1.29 is 24.1 Å². The molecule has 1 aromatic carbocycles. The zero-order chi connectivity index (χ0) is 20.2. The predicted molar refractivity (Wildman–Crippen MR) is 104 cm³/mol. The van der Waals surface area contributed by atoms with Gasteiger partial charge in [0.25, 0.3) is 0 Å². The van der Waals surface area contributed by atoms with E-state index < -0.39 is 5.60 Å². The van der Waals surface area contributed by atoms with Crippen LogP contribution in [0.25, 0.3) is 0 Å². The molecule has 1 saturated heterocycles. The molecule has 2 atom stereocenters. The van der Waals surface area contributed by atoms with Crippen LogP contribution in [0, 0.1) is 5.92 Å². The number of aliphatic hydroxyl groups is 1. The Morgan fingerprint density at radius 2 is 2.00 bits per heavy atom. The molecule has 1 aliphatic rings. The van der Waals surface area contributed by atoms with Gasteiger partial charge in [0.1, 0.15) is 5.60 Å². The van der Waals surface area contributed by atoms with E-state index in [4.69, 9.17) is 14.2 Å². The summed E-state index contributed by atoms with van der Waals surface area (Å²) in [6.07, 6.45) is 0.306. The van der Waals surface area contributed by atoms with E-state index in [0.717, 1.165) is 5.56 Å². The predicted octanol–water partition coefficient (Wildman–Crippen LogP) is 3.82. The molecule has 1 amide bonds. The molecule has 2 rings (SSSR count). The topological polar surface area (TPSA) is 68.2 Å². The molecule has 0 radical (unpaired) electrons. The minimum Gasteiger partial charge on any atom is -0.493 e. The molecule has 0 aromatic heterocycles. The van der Waals surface area contributed by atoms with Gasteiger partial charge in [0.05, 0.1) is 26.4 Å². The van der Waals surface area contributed by atoms with E-state index in [1.807, 2.05) is 39.0 Å². The number of rotatable bonds is 6. The van der Waals surface area contributed by atoms with Gasteiger partial charge in [-0.15, -0.1) is 0 Å². The van der Waals surface area contributed by atoms with E-state index in [0.29, 0.717) is 37.0 Å². The van der Waals surface area contributed by atoms with Gasteiger partial charge in [0, 0.05) is 12.5 Å².